The van der Waals surface area contributed by atoms with Crippen LogP contribution in [0.2, 0.25) is 5.02 Å². The number of pyridine rings is 1. The molecule has 4 aromatic heterocycles. The van der Waals surface area contributed by atoms with Crippen molar-refractivity contribution in [3.05, 3.63) is 76.1 Å². The molecule has 0 aliphatic heterocycles. The molecule has 5 rings (SSSR count). The number of carbonyl (C=O) groups excluding carboxylic acids is 1. The van der Waals surface area contributed by atoms with Gasteiger partial charge in [-0.1, -0.05) is 17.7 Å². The van der Waals surface area contributed by atoms with Gasteiger partial charge in [0.05, 0.1) is 29.5 Å². The molecule has 0 bridgehead atoms. The summed E-state index contributed by atoms with van der Waals surface area (Å²) in [5.41, 5.74) is 2.56. The van der Waals surface area contributed by atoms with E-state index in [4.69, 9.17) is 11.6 Å². The summed E-state index contributed by atoms with van der Waals surface area (Å²) in [4.78, 5) is 17.4. The highest BCUT2D eigenvalue weighted by Crippen LogP contribution is 2.33. The van der Waals surface area contributed by atoms with Crippen molar-refractivity contribution in [1.29, 1.82) is 0 Å². The Kier molecular flexibility index (Phi) is 6.66. The van der Waals surface area contributed by atoms with Crippen molar-refractivity contribution in [3.63, 3.8) is 0 Å². The number of alkyl halides is 2. The molecule has 0 fully saturated rings. The molecule has 1 aromatic carbocycles. The molecule has 38 heavy (non-hydrogen) atoms. The van der Waals surface area contributed by atoms with Gasteiger partial charge in [-0.2, -0.15) is 15.3 Å². The molecule has 0 atom stereocenters. The number of hydrogen-bond acceptors (Lipinski definition) is 5. The highest BCUT2D eigenvalue weighted by atomic mass is 35.5. The van der Waals surface area contributed by atoms with Crippen LogP contribution < -0.4 is 5.32 Å². The van der Waals surface area contributed by atoms with Gasteiger partial charge in [-0.25, -0.2) is 22.8 Å². The molecule has 196 valence electrons. The summed E-state index contributed by atoms with van der Waals surface area (Å²) in [5.74, 6) is -0.616. The number of nitrogens with zero attached hydrogens (tertiary/aromatic N) is 7. The van der Waals surface area contributed by atoms with E-state index in [1.54, 1.807) is 48.6 Å². The third-order valence-corrected chi connectivity index (χ3v) is 6.37. The lowest BCUT2D eigenvalue weighted by molar-refractivity contribution is -0.116. The van der Waals surface area contributed by atoms with Crippen LogP contribution in [0, 0.1) is 19.7 Å². The molecule has 0 aliphatic rings. The smallest absolute Gasteiger partial charge is 0.264 e. The number of hydrogen-bond donors (Lipinski definition) is 1. The number of nitrogens with one attached hydrogen (secondary N) is 1. The van der Waals surface area contributed by atoms with Crippen LogP contribution in [-0.4, -0.2) is 40.2 Å². The summed E-state index contributed by atoms with van der Waals surface area (Å²) in [6.45, 7) is 3.41. The highest BCUT2D eigenvalue weighted by molar-refractivity contribution is 6.31. The number of carbonyl (C=O) groups is 1. The van der Waals surface area contributed by atoms with Crippen molar-refractivity contribution in [2.45, 2.75) is 33.4 Å². The van der Waals surface area contributed by atoms with Crippen LogP contribution in [0.4, 0.5) is 19.0 Å². The zero-order valence-corrected chi connectivity index (χ0v) is 21.3. The summed E-state index contributed by atoms with van der Waals surface area (Å²) in [6, 6.07) is 7.11. The first kappa shape index (κ1) is 25.5. The normalized spacial score (nSPS) is 11.6. The average Bonchev–Trinajstić information content (AvgIpc) is 3.52. The van der Waals surface area contributed by atoms with Crippen molar-refractivity contribution in [2.24, 2.45) is 7.05 Å². The summed E-state index contributed by atoms with van der Waals surface area (Å²) in [5, 5.41) is 16.0. The van der Waals surface area contributed by atoms with Crippen molar-refractivity contribution < 1.29 is 18.0 Å². The van der Waals surface area contributed by atoms with Gasteiger partial charge in [0.15, 0.2) is 11.5 Å². The summed E-state index contributed by atoms with van der Waals surface area (Å²) >= 11 is 6.13. The molecule has 0 radical (unpaired) electrons. The quantitative estimate of drug-likeness (QED) is 0.310. The standard InChI is InChI=1S/C25H22ClF3N8O/c1-13-6-21(34-36(13)11-15-4-5-17(27)7-19(15)26)32-22(38)12-37-25-23(14(2)33-37)18(24(28)29)8-20(31-25)16-9-30-35(3)10-16/h4-10,24H,11-12H2,1-3H3,(H,32,34,38). The lowest BCUT2D eigenvalue weighted by atomic mass is 10.1. The van der Waals surface area contributed by atoms with E-state index in [1.165, 1.54) is 29.1 Å². The monoisotopic (exact) mass is 542 g/mol. The van der Waals surface area contributed by atoms with Gasteiger partial charge in [0.1, 0.15) is 12.4 Å². The molecule has 1 N–H and O–H groups in total. The van der Waals surface area contributed by atoms with Crippen molar-refractivity contribution in [2.75, 3.05) is 5.32 Å². The largest absolute Gasteiger partial charge is 0.308 e. The maximum Gasteiger partial charge on any atom is 0.264 e. The first-order valence-electron chi connectivity index (χ1n) is 11.5. The zero-order chi connectivity index (χ0) is 27.1. The third kappa shape index (κ3) is 4.99. The molecule has 0 unspecified atom stereocenters. The van der Waals surface area contributed by atoms with Crippen LogP contribution in [0.5, 0.6) is 0 Å². The molecule has 1 amide bonds. The Morgan fingerprint density at radius 3 is 2.61 bits per heavy atom. The molecular weight excluding hydrogens is 521 g/mol. The Labute approximate surface area is 219 Å². The van der Waals surface area contributed by atoms with Crippen LogP contribution in [0.25, 0.3) is 22.3 Å². The Morgan fingerprint density at radius 1 is 1.13 bits per heavy atom. The lowest BCUT2D eigenvalue weighted by Gasteiger charge is -2.08. The van der Waals surface area contributed by atoms with Crippen LogP contribution in [-0.2, 0) is 24.9 Å². The number of anilines is 1. The first-order chi connectivity index (χ1) is 18.1. The predicted octanol–water partition coefficient (Wildman–Crippen LogP) is 5.06. The van der Waals surface area contributed by atoms with Gasteiger partial charge in [0, 0.05) is 41.2 Å². The third-order valence-electron chi connectivity index (χ3n) is 6.02. The molecule has 0 spiro atoms. The zero-order valence-electron chi connectivity index (χ0n) is 20.6. The van der Waals surface area contributed by atoms with Crippen molar-refractivity contribution in [1.82, 2.24) is 34.3 Å². The van der Waals surface area contributed by atoms with E-state index in [0.717, 1.165) is 5.69 Å². The average molecular weight is 543 g/mol. The molecule has 4 heterocycles. The number of aryl methyl sites for hydroxylation is 3. The molecule has 5 aromatic rings. The Hall–Kier alpha value is -4.19. The fourth-order valence-electron chi connectivity index (χ4n) is 4.23. The number of benzene rings is 1. The maximum absolute atomic E-state index is 14.0. The number of aromatic nitrogens is 7. The van der Waals surface area contributed by atoms with Gasteiger partial charge in [-0.05, 0) is 37.6 Å². The van der Waals surface area contributed by atoms with Crippen LogP contribution >= 0.6 is 11.6 Å². The molecular formula is C25H22ClF3N8O. The Balaban J connectivity index is 1.40. The fraction of sp³-hybridized carbons (Fsp3) is 0.240. The topological polar surface area (TPSA) is 95.5 Å². The fourth-order valence-corrected chi connectivity index (χ4v) is 4.46. The van der Waals surface area contributed by atoms with Gasteiger partial charge in [0.2, 0.25) is 5.91 Å². The maximum atomic E-state index is 14.0. The SMILES string of the molecule is Cc1nn(CC(=O)Nc2cc(C)n(Cc3ccc(F)cc3Cl)n2)c2nc(-c3cnn(C)c3)cc(C(F)F)c12. The first-order valence-corrected chi connectivity index (χ1v) is 11.9. The Morgan fingerprint density at radius 2 is 1.92 bits per heavy atom. The second-order valence-electron chi connectivity index (χ2n) is 8.85. The number of halogens is 4. The van der Waals surface area contributed by atoms with E-state index >= 15 is 0 Å². The van der Waals surface area contributed by atoms with Crippen molar-refractivity contribution in [3.8, 4) is 11.3 Å². The van der Waals surface area contributed by atoms with Gasteiger partial charge in [-0.3, -0.25) is 14.2 Å². The number of amides is 1. The predicted molar refractivity (Wildman–Crippen MR) is 136 cm³/mol. The second-order valence-corrected chi connectivity index (χ2v) is 9.26. The van der Waals surface area contributed by atoms with Gasteiger partial charge >= 0.3 is 0 Å². The minimum atomic E-state index is -2.76. The molecule has 13 heteroatoms. The van der Waals surface area contributed by atoms with E-state index in [-0.39, 0.29) is 40.5 Å². The number of fused-ring (bicyclic) bond motifs is 1. The van der Waals surface area contributed by atoms with E-state index < -0.39 is 18.1 Å². The van der Waals surface area contributed by atoms with E-state index in [2.05, 4.69) is 25.6 Å². The summed E-state index contributed by atoms with van der Waals surface area (Å²) in [6.07, 6.45) is 0.436. The van der Waals surface area contributed by atoms with Gasteiger partial charge in [-0.15, -0.1) is 0 Å². The van der Waals surface area contributed by atoms with Crippen LogP contribution in [0.3, 0.4) is 0 Å². The highest BCUT2D eigenvalue weighted by Gasteiger charge is 2.22. The summed E-state index contributed by atoms with van der Waals surface area (Å²) < 4.78 is 45.8. The van der Waals surface area contributed by atoms with Crippen molar-refractivity contribution >= 4 is 34.4 Å². The van der Waals surface area contributed by atoms with Crippen LogP contribution in [0.15, 0.2) is 42.7 Å². The van der Waals surface area contributed by atoms with E-state index in [1.807, 2.05) is 0 Å². The molecule has 9 nitrogen and oxygen atoms in total. The second kappa shape index (κ2) is 9.93. The Bertz CT molecular complexity index is 1670. The van der Waals surface area contributed by atoms with Crippen LogP contribution in [0.1, 0.15) is 28.9 Å². The van der Waals surface area contributed by atoms with E-state index in [0.29, 0.717) is 22.5 Å². The lowest BCUT2D eigenvalue weighted by Crippen LogP contribution is -2.20. The number of rotatable bonds is 7. The summed E-state index contributed by atoms with van der Waals surface area (Å²) in [7, 11) is 1.71. The van der Waals surface area contributed by atoms with Gasteiger partial charge < -0.3 is 5.32 Å². The van der Waals surface area contributed by atoms with E-state index in [9.17, 15) is 18.0 Å². The minimum absolute atomic E-state index is 0.168. The van der Waals surface area contributed by atoms with Gasteiger partial charge in [0.25, 0.3) is 6.43 Å². The minimum Gasteiger partial charge on any atom is -0.308 e. The molecule has 0 saturated heterocycles. The molecule has 0 saturated carbocycles. The molecule has 0 aliphatic carbocycles.